The fourth-order valence-corrected chi connectivity index (χ4v) is 4.48. The van der Waals surface area contributed by atoms with Crippen LogP contribution >= 0.6 is 11.3 Å². The predicted octanol–water partition coefficient (Wildman–Crippen LogP) is 0.369. The van der Waals surface area contributed by atoms with Crippen LogP contribution in [0.3, 0.4) is 0 Å². The molecule has 2 atom stereocenters. The first-order valence-corrected chi connectivity index (χ1v) is 8.50. The lowest BCUT2D eigenvalue weighted by atomic mass is 10.1. The van der Waals surface area contributed by atoms with E-state index in [1.807, 2.05) is 0 Å². The first-order chi connectivity index (χ1) is 9.44. The smallest absolute Gasteiger partial charge is 0.358 e. The highest BCUT2D eigenvalue weighted by Crippen LogP contribution is 2.26. The minimum Gasteiger partial charge on any atom is -0.464 e. The Morgan fingerprint density at radius 3 is 2.95 bits per heavy atom. The Bertz CT molecular complexity index is 583. The fraction of sp³-hybridized carbons (Fsp3) is 0.636. The lowest BCUT2D eigenvalue weighted by molar-refractivity contribution is 0.0590. The minimum absolute atomic E-state index is 0.120. The quantitative estimate of drug-likeness (QED) is 0.759. The number of thiazole rings is 1. The number of aromatic nitrogens is 1. The van der Waals surface area contributed by atoms with E-state index in [4.69, 9.17) is 0 Å². The summed E-state index contributed by atoms with van der Waals surface area (Å²) in [6, 6.07) is 0. The van der Waals surface area contributed by atoms with Crippen LogP contribution in [0.15, 0.2) is 9.72 Å². The molecule has 1 aliphatic rings. The Morgan fingerprint density at radius 1 is 1.60 bits per heavy atom. The molecule has 1 saturated carbocycles. The number of ether oxygens (including phenoxy) is 1. The van der Waals surface area contributed by atoms with Crippen LogP contribution in [0, 0.1) is 5.92 Å². The normalized spacial score (nSPS) is 22.9. The van der Waals surface area contributed by atoms with E-state index in [1.54, 1.807) is 0 Å². The van der Waals surface area contributed by atoms with Crippen molar-refractivity contribution in [2.45, 2.75) is 29.6 Å². The summed E-state index contributed by atoms with van der Waals surface area (Å²) in [7, 11) is -2.61. The molecule has 7 nitrogen and oxygen atoms in total. The predicted molar refractivity (Wildman–Crippen MR) is 72.0 cm³/mol. The van der Waals surface area contributed by atoms with E-state index in [9.17, 15) is 18.3 Å². The van der Waals surface area contributed by atoms with E-state index in [-0.39, 0.29) is 28.5 Å². The number of hydrogen-bond donors (Lipinski definition) is 2. The van der Waals surface area contributed by atoms with Crippen LogP contribution < -0.4 is 4.72 Å². The first kappa shape index (κ1) is 15.4. The van der Waals surface area contributed by atoms with E-state index in [0.29, 0.717) is 12.8 Å². The van der Waals surface area contributed by atoms with Crippen LogP contribution in [-0.4, -0.2) is 44.2 Å². The van der Waals surface area contributed by atoms with Crippen LogP contribution in [-0.2, 0) is 14.8 Å². The summed E-state index contributed by atoms with van der Waals surface area (Å²) < 4.78 is 31.2. The van der Waals surface area contributed by atoms with Gasteiger partial charge in [-0.1, -0.05) is 0 Å². The summed E-state index contributed by atoms with van der Waals surface area (Å²) in [6.07, 6.45) is 1.73. The zero-order valence-corrected chi connectivity index (χ0v) is 12.5. The number of nitrogens with zero attached hydrogens (tertiary/aromatic N) is 1. The number of rotatable bonds is 5. The molecule has 1 fully saturated rings. The number of carbonyl (C=O) groups excluding carboxylic acids is 1. The van der Waals surface area contributed by atoms with Gasteiger partial charge < -0.3 is 9.84 Å². The highest BCUT2D eigenvalue weighted by atomic mass is 32.2. The molecule has 2 rings (SSSR count). The number of carbonyl (C=O) groups is 1. The fourth-order valence-electron chi connectivity index (χ4n) is 2.19. The number of methoxy groups -OCH3 is 1. The molecular weight excluding hydrogens is 304 g/mol. The maximum Gasteiger partial charge on any atom is 0.358 e. The Hall–Kier alpha value is -1.03. The van der Waals surface area contributed by atoms with Crippen LogP contribution in [0.1, 0.15) is 29.8 Å². The van der Waals surface area contributed by atoms with Crippen molar-refractivity contribution in [1.29, 1.82) is 0 Å². The largest absolute Gasteiger partial charge is 0.464 e. The highest BCUT2D eigenvalue weighted by molar-refractivity contribution is 7.91. The monoisotopic (exact) mass is 320 g/mol. The molecule has 0 radical (unpaired) electrons. The van der Waals surface area contributed by atoms with E-state index in [1.165, 1.54) is 12.6 Å². The second kappa shape index (κ2) is 6.17. The van der Waals surface area contributed by atoms with Gasteiger partial charge >= 0.3 is 5.97 Å². The molecular formula is C11H16N2O5S2. The lowest BCUT2D eigenvalue weighted by Crippen LogP contribution is -2.29. The maximum absolute atomic E-state index is 12.2. The van der Waals surface area contributed by atoms with Crippen molar-refractivity contribution in [3.63, 3.8) is 0 Å². The third-order valence-corrected chi connectivity index (χ3v) is 6.03. The van der Waals surface area contributed by atoms with Crippen LogP contribution in [0.5, 0.6) is 0 Å². The van der Waals surface area contributed by atoms with Crippen molar-refractivity contribution in [1.82, 2.24) is 9.71 Å². The molecule has 0 amide bonds. The summed E-state index contributed by atoms with van der Waals surface area (Å²) in [5.41, 5.74) is 1.09. The van der Waals surface area contributed by atoms with Gasteiger partial charge in [0.15, 0.2) is 9.90 Å². The van der Waals surface area contributed by atoms with Gasteiger partial charge in [0, 0.05) is 6.54 Å². The topological polar surface area (TPSA) is 106 Å². The van der Waals surface area contributed by atoms with E-state index in [0.717, 1.165) is 17.8 Å². The number of hydrogen-bond acceptors (Lipinski definition) is 7. The molecule has 112 valence electrons. The van der Waals surface area contributed by atoms with Gasteiger partial charge in [0.05, 0.1) is 18.7 Å². The first-order valence-electron chi connectivity index (χ1n) is 6.13. The third-order valence-electron chi connectivity index (χ3n) is 3.23. The van der Waals surface area contributed by atoms with E-state index >= 15 is 0 Å². The van der Waals surface area contributed by atoms with Crippen molar-refractivity contribution in [3.05, 3.63) is 11.2 Å². The standard InChI is InChI=1S/C11H16N2O5S2/c1-18-10(15)9-11(19-6-12-9)20(16,17)13-5-7-2-3-8(14)4-7/h6-8,13-14H,2-5H2,1H3. The average Bonchev–Trinajstić information content (AvgIpc) is 3.04. The zero-order chi connectivity index (χ0) is 14.8. The molecule has 2 N–H and O–H groups in total. The Kier molecular flexibility index (Phi) is 4.74. The van der Waals surface area contributed by atoms with Gasteiger partial charge in [-0.3, -0.25) is 0 Å². The molecule has 1 heterocycles. The summed E-state index contributed by atoms with van der Waals surface area (Å²) >= 11 is 0.871. The Balaban J connectivity index is 2.07. The van der Waals surface area contributed by atoms with Crippen LogP contribution in [0.4, 0.5) is 0 Å². The van der Waals surface area contributed by atoms with Crippen molar-refractivity contribution in [2.75, 3.05) is 13.7 Å². The van der Waals surface area contributed by atoms with Gasteiger partial charge in [0.1, 0.15) is 0 Å². The van der Waals surface area contributed by atoms with E-state index in [2.05, 4.69) is 14.4 Å². The van der Waals surface area contributed by atoms with Crippen LogP contribution in [0.25, 0.3) is 0 Å². The van der Waals surface area contributed by atoms with Gasteiger partial charge in [0.2, 0.25) is 0 Å². The molecule has 20 heavy (non-hydrogen) atoms. The van der Waals surface area contributed by atoms with Crippen molar-refractivity contribution >= 4 is 27.3 Å². The molecule has 0 bridgehead atoms. The van der Waals surface area contributed by atoms with Crippen molar-refractivity contribution in [3.8, 4) is 0 Å². The summed E-state index contributed by atoms with van der Waals surface area (Å²) in [5.74, 6) is -0.655. The van der Waals surface area contributed by atoms with E-state index < -0.39 is 16.0 Å². The number of esters is 1. The molecule has 1 aromatic rings. The second-order valence-corrected chi connectivity index (χ2v) is 7.48. The minimum atomic E-state index is -3.78. The number of aliphatic hydroxyl groups is 1. The summed E-state index contributed by atoms with van der Waals surface area (Å²) in [6.45, 7) is 0.248. The number of aliphatic hydroxyl groups excluding tert-OH is 1. The van der Waals surface area contributed by atoms with Crippen molar-refractivity contribution in [2.24, 2.45) is 5.92 Å². The van der Waals surface area contributed by atoms with Crippen molar-refractivity contribution < 1.29 is 23.1 Å². The second-order valence-electron chi connectivity index (χ2n) is 4.66. The summed E-state index contributed by atoms with van der Waals surface area (Å²) in [4.78, 5) is 15.2. The molecule has 2 unspecified atom stereocenters. The molecule has 0 aromatic carbocycles. The van der Waals surface area contributed by atoms with Gasteiger partial charge in [-0.15, -0.1) is 11.3 Å². The maximum atomic E-state index is 12.2. The average molecular weight is 320 g/mol. The molecule has 0 spiro atoms. The molecule has 1 aliphatic carbocycles. The van der Waals surface area contributed by atoms with Gasteiger partial charge in [-0.25, -0.2) is 22.9 Å². The zero-order valence-electron chi connectivity index (χ0n) is 10.9. The van der Waals surface area contributed by atoms with Gasteiger partial charge in [-0.05, 0) is 25.2 Å². The highest BCUT2D eigenvalue weighted by Gasteiger charge is 2.29. The third kappa shape index (κ3) is 3.35. The SMILES string of the molecule is COC(=O)c1ncsc1S(=O)(=O)NCC1CCC(O)C1. The Labute approximate surface area is 121 Å². The Morgan fingerprint density at radius 2 is 2.35 bits per heavy atom. The summed E-state index contributed by atoms with van der Waals surface area (Å²) in [5, 5.41) is 9.42. The molecule has 1 aromatic heterocycles. The lowest BCUT2D eigenvalue weighted by Gasteiger charge is -2.10. The molecule has 0 saturated heterocycles. The van der Waals surface area contributed by atoms with Gasteiger partial charge in [0.25, 0.3) is 10.0 Å². The molecule has 0 aliphatic heterocycles. The molecule has 9 heteroatoms. The van der Waals surface area contributed by atoms with Crippen LogP contribution in [0.2, 0.25) is 0 Å². The van der Waals surface area contributed by atoms with Gasteiger partial charge in [-0.2, -0.15) is 0 Å². The number of sulfonamides is 1. The number of nitrogens with one attached hydrogen (secondary N) is 1.